The van der Waals surface area contributed by atoms with Gasteiger partial charge in [-0.2, -0.15) is 8.42 Å². The Morgan fingerprint density at radius 1 is 1.00 bits per heavy atom. The van der Waals surface area contributed by atoms with Crippen LogP contribution in [-0.4, -0.2) is 31.1 Å². The van der Waals surface area contributed by atoms with Crippen molar-refractivity contribution in [2.24, 2.45) is 10.2 Å². The van der Waals surface area contributed by atoms with Gasteiger partial charge in [-0.15, -0.1) is 10.2 Å². The number of fused-ring (bicyclic) bond motifs is 1. The summed E-state index contributed by atoms with van der Waals surface area (Å²) in [4.78, 5) is 12.6. The van der Waals surface area contributed by atoms with E-state index in [1.54, 1.807) is 43.3 Å². The Labute approximate surface area is 222 Å². The number of hydrogen-bond donors (Lipinski definition) is 3. The number of amides is 1. The lowest BCUT2D eigenvalue weighted by Gasteiger charge is -2.13. The van der Waals surface area contributed by atoms with Gasteiger partial charge in [0.25, 0.3) is 16.0 Å². The molecule has 0 atom stereocenters. The Morgan fingerprint density at radius 2 is 1.70 bits per heavy atom. The standard InChI is InChI=1S/C25H19Cl2N3O6S/c1-13-7-10-20(37(33,34)35)23(21(13)27)30-29-22-16-6-4-3-5-14(16)11-17(24(22)31)25(32)28-19-9-8-15(36-2)12-18(19)26/h3-12,31H,1-2H3,(H,28,32)(H,33,34,35). The Balaban J connectivity index is 1.84. The number of nitrogens with zero attached hydrogens (tertiary/aromatic N) is 2. The first-order valence-corrected chi connectivity index (χ1v) is 12.8. The van der Waals surface area contributed by atoms with E-state index < -0.39 is 26.7 Å². The fourth-order valence-electron chi connectivity index (χ4n) is 3.55. The summed E-state index contributed by atoms with van der Waals surface area (Å²) in [7, 11) is -3.20. The molecule has 0 aromatic heterocycles. The van der Waals surface area contributed by atoms with Crippen molar-refractivity contribution in [1.29, 1.82) is 0 Å². The highest BCUT2D eigenvalue weighted by Gasteiger charge is 2.22. The van der Waals surface area contributed by atoms with Gasteiger partial charge in [-0.25, -0.2) is 0 Å². The Bertz CT molecular complexity index is 1690. The van der Waals surface area contributed by atoms with Crippen molar-refractivity contribution < 1.29 is 27.6 Å². The lowest BCUT2D eigenvalue weighted by molar-refractivity contribution is 0.102. The Morgan fingerprint density at radius 3 is 2.38 bits per heavy atom. The molecule has 37 heavy (non-hydrogen) atoms. The zero-order valence-corrected chi connectivity index (χ0v) is 21.7. The summed E-state index contributed by atoms with van der Waals surface area (Å²) in [6.07, 6.45) is 0. The largest absolute Gasteiger partial charge is 0.505 e. The summed E-state index contributed by atoms with van der Waals surface area (Å²) in [6, 6.07) is 15.5. The van der Waals surface area contributed by atoms with Crippen LogP contribution in [0.1, 0.15) is 15.9 Å². The molecule has 0 aliphatic rings. The van der Waals surface area contributed by atoms with Gasteiger partial charge in [0, 0.05) is 11.5 Å². The monoisotopic (exact) mass is 559 g/mol. The second-order valence-electron chi connectivity index (χ2n) is 7.86. The minimum Gasteiger partial charge on any atom is -0.505 e. The molecular formula is C25H19Cl2N3O6S. The topological polar surface area (TPSA) is 138 Å². The van der Waals surface area contributed by atoms with Gasteiger partial charge in [0.2, 0.25) is 0 Å². The molecule has 12 heteroatoms. The minimum absolute atomic E-state index is 0.0503. The summed E-state index contributed by atoms with van der Waals surface area (Å²) >= 11 is 12.5. The number of phenolic OH excluding ortho intramolecular Hbond substituents is 1. The third-order valence-corrected chi connectivity index (χ3v) is 7.14. The fraction of sp³-hybridized carbons (Fsp3) is 0.0800. The number of hydrogen-bond acceptors (Lipinski definition) is 7. The number of methoxy groups -OCH3 is 1. The fourth-order valence-corrected chi connectivity index (χ4v) is 4.66. The third-order valence-electron chi connectivity index (χ3n) is 5.46. The molecule has 4 aromatic carbocycles. The number of rotatable bonds is 6. The van der Waals surface area contributed by atoms with E-state index in [4.69, 9.17) is 27.9 Å². The molecular weight excluding hydrogens is 541 g/mol. The number of benzene rings is 4. The maximum Gasteiger partial charge on any atom is 0.296 e. The average Bonchev–Trinajstić information content (AvgIpc) is 2.85. The maximum absolute atomic E-state index is 13.1. The maximum atomic E-state index is 13.1. The predicted molar refractivity (Wildman–Crippen MR) is 142 cm³/mol. The molecule has 0 saturated carbocycles. The van der Waals surface area contributed by atoms with Crippen molar-refractivity contribution in [1.82, 2.24) is 0 Å². The van der Waals surface area contributed by atoms with Gasteiger partial charge in [0.1, 0.15) is 22.0 Å². The van der Waals surface area contributed by atoms with E-state index in [-0.39, 0.29) is 32.7 Å². The van der Waals surface area contributed by atoms with Crippen molar-refractivity contribution in [2.45, 2.75) is 11.8 Å². The van der Waals surface area contributed by atoms with E-state index >= 15 is 0 Å². The molecule has 0 aliphatic heterocycles. The van der Waals surface area contributed by atoms with Gasteiger partial charge >= 0.3 is 0 Å². The first kappa shape index (κ1) is 26.4. The molecule has 190 valence electrons. The first-order valence-electron chi connectivity index (χ1n) is 10.6. The van der Waals surface area contributed by atoms with Gasteiger partial charge in [-0.05, 0) is 42.1 Å². The molecule has 0 unspecified atom stereocenters. The lowest BCUT2D eigenvalue weighted by atomic mass is 10.0. The van der Waals surface area contributed by atoms with Crippen LogP contribution >= 0.6 is 23.2 Å². The van der Waals surface area contributed by atoms with Crippen molar-refractivity contribution in [3.63, 3.8) is 0 Å². The Kier molecular flexibility index (Phi) is 7.37. The van der Waals surface area contributed by atoms with Crippen LogP contribution in [-0.2, 0) is 10.1 Å². The van der Waals surface area contributed by atoms with Crippen molar-refractivity contribution in [2.75, 3.05) is 12.4 Å². The number of azo groups is 1. The van der Waals surface area contributed by atoms with Crippen molar-refractivity contribution in [3.05, 3.63) is 81.8 Å². The van der Waals surface area contributed by atoms with Gasteiger partial charge in [0.05, 0.1) is 28.4 Å². The lowest BCUT2D eigenvalue weighted by Crippen LogP contribution is -2.12. The highest BCUT2D eigenvalue weighted by atomic mass is 35.5. The normalized spacial score (nSPS) is 11.7. The van der Waals surface area contributed by atoms with E-state index in [2.05, 4.69) is 15.5 Å². The molecule has 3 N–H and O–H groups in total. The molecule has 1 amide bonds. The zero-order chi connectivity index (χ0) is 26.9. The van der Waals surface area contributed by atoms with Crippen LogP contribution < -0.4 is 10.1 Å². The van der Waals surface area contributed by atoms with Gasteiger partial charge in [0.15, 0.2) is 5.75 Å². The van der Waals surface area contributed by atoms with E-state index in [9.17, 15) is 22.9 Å². The number of carbonyl (C=O) groups is 1. The SMILES string of the molecule is COc1ccc(NC(=O)c2cc3ccccc3c(N=Nc3c(S(=O)(=O)O)ccc(C)c3Cl)c2O)c(Cl)c1. The second kappa shape index (κ2) is 10.3. The van der Waals surface area contributed by atoms with E-state index in [1.807, 2.05) is 0 Å². The zero-order valence-electron chi connectivity index (χ0n) is 19.4. The van der Waals surface area contributed by atoms with Crippen molar-refractivity contribution >= 4 is 67.1 Å². The number of aryl methyl sites for hydroxylation is 1. The van der Waals surface area contributed by atoms with Crippen LogP contribution in [0.2, 0.25) is 10.0 Å². The molecule has 4 aromatic rings. The van der Waals surface area contributed by atoms with Gasteiger partial charge in [-0.1, -0.05) is 53.5 Å². The summed E-state index contributed by atoms with van der Waals surface area (Å²) in [5, 5.41) is 22.9. The molecule has 0 saturated heterocycles. The first-order chi connectivity index (χ1) is 17.5. The van der Waals surface area contributed by atoms with Crippen molar-refractivity contribution in [3.8, 4) is 11.5 Å². The smallest absolute Gasteiger partial charge is 0.296 e. The van der Waals surface area contributed by atoms with Crippen LogP contribution in [0.15, 0.2) is 75.8 Å². The molecule has 0 fully saturated rings. The van der Waals surface area contributed by atoms with E-state index in [0.717, 1.165) is 6.07 Å². The van der Waals surface area contributed by atoms with Gasteiger partial charge in [-0.3, -0.25) is 9.35 Å². The second-order valence-corrected chi connectivity index (χ2v) is 10.0. The number of aromatic hydroxyl groups is 1. The number of halogens is 2. The molecule has 0 heterocycles. The summed E-state index contributed by atoms with van der Waals surface area (Å²) in [5.74, 6) is -0.695. The number of ether oxygens (including phenoxy) is 1. The molecule has 0 aliphatic carbocycles. The molecule has 0 radical (unpaired) electrons. The van der Waals surface area contributed by atoms with E-state index in [0.29, 0.717) is 22.1 Å². The molecule has 4 rings (SSSR count). The summed E-state index contributed by atoms with van der Waals surface area (Å²) in [6.45, 7) is 1.62. The summed E-state index contributed by atoms with van der Waals surface area (Å²) in [5.41, 5.74) is 0.217. The molecule has 0 spiro atoms. The Hall–Kier alpha value is -3.70. The number of anilines is 1. The van der Waals surface area contributed by atoms with Crippen LogP contribution in [0.5, 0.6) is 11.5 Å². The number of carbonyl (C=O) groups excluding carboxylic acids is 1. The quantitative estimate of drug-likeness (QED) is 0.170. The van der Waals surface area contributed by atoms with E-state index in [1.165, 1.54) is 25.3 Å². The van der Waals surface area contributed by atoms with Crippen LogP contribution in [0, 0.1) is 6.92 Å². The number of phenols is 1. The van der Waals surface area contributed by atoms with Crippen LogP contribution in [0.25, 0.3) is 10.8 Å². The molecule has 0 bridgehead atoms. The average molecular weight is 560 g/mol. The van der Waals surface area contributed by atoms with Gasteiger partial charge < -0.3 is 15.2 Å². The molecule has 9 nitrogen and oxygen atoms in total. The summed E-state index contributed by atoms with van der Waals surface area (Å²) < 4.78 is 38.5. The van der Waals surface area contributed by atoms with Crippen LogP contribution in [0.3, 0.4) is 0 Å². The highest BCUT2D eigenvalue weighted by Crippen LogP contribution is 2.42. The third kappa shape index (κ3) is 5.37. The number of nitrogens with one attached hydrogen (secondary N) is 1. The predicted octanol–water partition coefficient (Wildman–Crippen LogP) is 7.08. The van der Waals surface area contributed by atoms with Crippen LogP contribution in [0.4, 0.5) is 17.1 Å². The minimum atomic E-state index is -4.68. The highest BCUT2D eigenvalue weighted by molar-refractivity contribution is 7.86.